The van der Waals surface area contributed by atoms with E-state index < -0.39 is 0 Å². The van der Waals surface area contributed by atoms with E-state index in [2.05, 4.69) is 85.2 Å². The zero-order valence-electron chi connectivity index (χ0n) is 26.4. The molecule has 7 nitrogen and oxygen atoms in total. The summed E-state index contributed by atoms with van der Waals surface area (Å²) >= 11 is 0. The SMILES string of the molecule is CCCCN(C)/C=C(\C1=CC(CC)NC1)c1ccc(N2CCN(CC(C)(C)COCC(C)(C)CO)CC2)cc1N. The summed E-state index contributed by atoms with van der Waals surface area (Å²) in [7, 11) is 2.17. The van der Waals surface area contributed by atoms with Gasteiger partial charge in [0.2, 0.25) is 0 Å². The molecule has 1 aromatic rings. The molecule has 40 heavy (non-hydrogen) atoms. The second-order valence-corrected chi connectivity index (χ2v) is 13.5. The lowest BCUT2D eigenvalue weighted by Crippen LogP contribution is -2.49. The molecule has 2 aliphatic rings. The average molecular weight is 556 g/mol. The van der Waals surface area contributed by atoms with Crippen LogP contribution in [0.4, 0.5) is 11.4 Å². The number of rotatable bonds is 15. The van der Waals surface area contributed by atoms with E-state index in [0.29, 0.717) is 19.3 Å². The summed E-state index contributed by atoms with van der Waals surface area (Å²) in [5, 5.41) is 13.1. The van der Waals surface area contributed by atoms with Crippen LogP contribution in [0.25, 0.3) is 5.57 Å². The predicted octanol–water partition coefficient (Wildman–Crippen LogP) is 4.83. The maximum absolute atomic E-state index is 9.48. The monoisotopic (exact) mass is 555 g/mol. The Labute approximate surface area is 244 Å². The van der Waals surface area contributed by atoms with E-state index in [-0.39, 0.29) is 17.4 Å². The maximum Gasteiger partial charge on any atom is 0.0539 e. The van der Waals surface area contributed by atoms with Gasteiger partial charge in [0, 0.05) is 98.4 Å². The highest BCUT2D eigenvalue weighted by Crippen LogP contribution is 2.33. The quantitative estimate of drug-likeness (QED) is 0.268. The van der Waals surface area contributed by atoms with Crippen molar-refractivity contribution in [1.82, 2.24) is 15.1 Å². The number of nitrogens with zero attached hydrogens (tertiary/aromatic N) is 3. The third-order valence-electron chi connectivity index (χ3n) is 8.08. The minimum atomic E-state index is -0.191. The Hall–Kier alpha value is -2.06. The molecular formula is C33H57N5O2. The zero-order valence-corrected chi connectivity index (χ0v) is 26.4. The largest absolute Gasteiger partial charge is 0.398 e. The van der Waals surface area contributed by atoms with Crippen LogP contribution in [-0.4, -0.2) is 93.6 Å². The maximum atomic E-state index is 9.48. The summed E-state index contributed by atoms with van der Waals surface area (Å²) in [5.74, 6) is 0. The van der Waals surface area contributed by atoms with Gasteiger partial charge in [0.1, 0.15) is 0 Å². The first-order valence-corrected chi connectivity index (χ1v) is 15.4. The predicted molar refractivity (Wildman–Crippen MR) is 171 cm³/mol. The lowest BCUT2D eigenvalue weighted by Gasteiger charge is -2.40. The van der Waals surface area contributed by atoms with Crippen LogP contribution >= 0.6 is 0 Å². The molecule has 1 atom stereocenters. The Morgan fingerprint density at radius 3 is 2.42 bits per heavy atom. The van der Waals surface area contributed by atoms with E-state index in [1.54, 1.807) is 0 Å². The number of aliphatic hydroxyl groups excluding tert-OH is 1. The molecule has 1 aromatic carbocycles. The summed E-state index contributed by atoms with van der Waals surface area (Å²) in [6, 6.07) is 7.08. The van der Waals surface area contributed by atoms with Gasteiger partial charge in [0.05, 0.1) is 19.8 Å². The van der Waals surface area contributed by atoms with Crippen molar-refractivity contribution in [1.29, 1.82) is 0 Å². The summed E-state index contributed by atoms with van der Waals surface area (Å²) in [5.41, 5.74) is 12.4. The van der Waals surface area contributed by atoms with Crippen LogP contribution in [0.5, 0.6) is 0 Å². The summed E-state index contributed by atoms with van der Waals surface area (Å²) < 4.78 is 6.00. The van der Waals surface area contributed by atoms with Gasteiger partial charge in [0.25, 0.3) is 0 Å². The van der Waals surface area contributed by atoms with Crippen LogP contribution in [0.15, 0.2) is 36.0 Å². The summed E-state index contributed by atoms with van der Waals surface area (Å²) in [4.78, 5) is 7.32. The molecular weight excluding hydrogens is 498 g/mol. The molecule has 0 spiro atoms. The molecule has 1 fully saturated rings. The third kappa shape index (κ3) is 9.51. The van der Waals surface area contributed by atoms with Crippen LogP contribution in [0.2, 0.25) is 0 Å². The minimum Gasteiger partial charge on any atom is -0.398 e. The molecule has 226 valence electrons. The van der Waals surface area contributed by atoms with E-state index in [0.717, 1.165) is 63.5 Å². The molecule has 2 heterocycles. The van der Waals surface area contributed by atoms with E-state index in [9.17, 15) is 5.11 Å². The Bertz CT molecular complexity index is 995. The molecule has 0 amide bonds. The number of hydrogen-bond donors (Lipinski definition) is 3. The molecule has 0 radical (unpaired) electrons. The number of benzene rings is 1. The molecule has 1 saturated heterocycles. The first kappa shape index (κ1) is 32.5. The van der Waals surface area contributed by atoms with Crippen molar-refractivity contribution >= 4 is 16.9 Å². The summed E-state index contributed by atoms with van der Waals surface area (Å²) in [6.45, 7) is 21.5. The number of nitrogen functional groups attached to an aromatic ring is 1. The van der Waals surface area contributed by atoms with E-state index in [4.69, 9.17) is 10.5 Å². The van der Waals surface area contributed by atoms with E-state index >= 15 is 0 Å². The first-order chi connectivity index (χ1) is 19.0. The Balaban J connectivity index is 1.64. The Morgan fingerprint density at radius 2 is 1.82 bits per heavy atom. The topological polar surface area (TPSA) is 77.2 Å². The van der Waals surface area contributed by atoms with Crippen LogP contribution in [0.3, 0.4) is 0 Å². The van der Waals surface area contributed by atoms with Crippen LogP contribution in [-0.2, 0) is 4.74 Å². The number of unbranched alkanes of at least 4 members (excludes halogenated alkanes) is 1. The first-order valence-electron chi connectivity index (χ1n) is 15.4. The van der Waals surface area contributed by atoms with Gasteiger partial charge < -0.3 is 30.7 Å². The van der Waals surface area contributed by atoms with Gasteiger partial charge in [-0.1, -0.05) is 60.1 Å². The lowest BCUT2D eigenvalue weighted by atomic mass is 9.92. The molecule has 2 aliphatic heterocycles. The van der Waals surface area contributed by atoms with Gasteiger partial charge in [-0.05, 0) is 30.5 Å². The fourth-order valence-electron chi connectivity index (χ4n) is 5.52. The van der Waals surface area contributed by atoms with Crippen molar-refractivity contribution < 1.29 is 9.84 Å². The van der Waals surface area contributed by atoms with Crippen LogP contribution in [0.1, 0.15) is 66.4 Å². The van der Waals surface area contributed by atoms with Crippen LogP contribution < -0.4 is 16.0 Å². The van der Waals surface area contributed by atoms with Gasteiger partial charge in [-0.3, -0.25) is 4.90 Å². The average Bonchev–Trinajstić information content (AvgIpc) is 3.40. The van der Waals surface area contributed by atoms with Crippen molar-refractivity contribution in [3.05, 3.63) is 41.6 Å². The molecule has 3 rings (SSSR count). The lowest BCUT2D eigenvalue weighted by molar-refractivity contribution is -0.0151. The highest BCUT2D eigenvalue weighted by atomic mass is 16.5. The van der Waals surface area contributed by atoms with Crippen molar-refractivity contribution in [2.24, 2.45) is 10.8 Å². The third-order valence-corrected chi connectivity index (χ3v) is 8.08. The smallest absolute Gasteiger partial charge is 0.0539 e. The zero-order chi connectivity index (χ0) is 29.3. The highest BCUT2D eigenvalue weighted by Gasteiger charge is 2.27. The second kappa shape index (κ2) is 14.7. The fraction of sp³-hybridized carbons (Fsp3) is 0.697. The van der Waals surface area contributed by atoms with E-state index in [1.165, 1.54) is 29.7 Å². The van der Waals surface area contributed by atoms with Crippen molar-refractivity contribution in [3.8, 4) is 0 Å². The normalized spacial score (nSPS) is 19.3. The molecule has 0 saturated carbocycles. The van der Waals surface area contributed by atoms with Crippen LogP contribution in [0, 0.1) is 10.8 Å². The molecule has 0 bridgehead atoms. The van der Waals surface area contributed by atoms with Crippen molar-refractivity contribution in [2.75, 3.05) is 83.3 Å². The minimum absolute atomic E-state index is 0.0629. The van der Waals surface area contributed by atoms with E-state index in [1.807, 2.05) is 13.8 Å². The number of hydrogen-bond acceptors (Lipinski definition) is 7. The number of anilines is 2. The Morgan fingerprint density at radius 1 is 1.12 bits per heavy atom. The Kier molecular flexibility index (Phi) is 11.9. The number of nitrogens with one attached hydrogen (secondary N) is 1. The molecule has 1 unspecified atom stereocenters. The highest BCUT2D eigenvalue weighted by molar-refractivity contribution is 5.87. The number of nitrogens with two attached hydrogens (primary N) is 1. The molecule has 0 aliphatic carbocycles. The second-order valence-electron chi connectivity index (χ2n) is 13.5. The van der Waals surface area contributed by atoms with Gasteiger partial charge in [-0.2, -0.15) is 0 Å². The van der Waals surface area contributed by atoms with Crippen molar-refractivity contribution in [2.45, 2.75) is 66.8 Å². The van der Waals surface area contributed by atoms with Gasteiger partial charge >= 0.3 is 0 Å². The molecule has 0 aromatic heterocycles. The van der Waals surface area contributed by atoms with Crippen molar-refractivity contribution in [3.63, 3.8) is 0 Å². The standard InChI is InChI=1S/C33H57N5O2/c1-8-10-13-36(7)21-30(26-18-27(9-2)35-20-26)29-12-11-28(19-31(29)34)38-16-14-37(15-17-38)22-32(3,4)24-40-25-33(5,6)23-39/h11-12,18-19,21,27,35,39H,8-10,13-17,20,22-25,34H2,1-7H3/b30-21+. The molecule has 7 heteroatoms. The molecule has 4 N–H and O–H groups in total. The number of piperazine rings is 1. The van der Waals surface area contributed by atoms with Gasteiger partial charge in [-0.25, -0.2) is 0 Å². The fourth-order valence-corrected chi connectivity index (χ4v) is 5.52. The number of aliphatic hydroxyl groups is 1. The van der Waals surface area contributed by atoms with Gasteiger partial charge in [-0.15, -0.1) is 0 Å². The summed E-state index contributed by atoms with van der Waals surface area (Å²) in [6.07, 6.45) is 8.14. The number of ether oxygens (including phenoxy) is 1. The van der Waals surface area contributed by atoms with Gasteiger partial charge in [0.15, 0.2) is 0 Å².